The maximum atomic E-state index is 12.9. The Bertz CT molecular complexity index is 1670. The highest BCUT2D eigenvalue weighted by Gasteiger charge is 2.38. The SMILES string of the molecule is [2H]C[C@H]1O[C@@H](n2cc(/C=C/C(=O)NCCCCCCCC(=O)CCSC(=O)c3ccccc3)c(=O)[nH]c2=O)CC1CP(OC=NCC)N(C(C)C)C(C)C.[3H]OC. The van der Waals surface area contributed by atoms with Crippen molar-refractivity contribution in [1.82, 2.24) is 19.5 Å². The number of aliphatic hydroxyl groups is 1. The van der Waals surface area contributed by atoms with Crippen LogP contribution in [0.25, 0.3) is 6.08 Å². The van der Waals surface area contributed by atoms with Crippen LogP contribution in [0.3, 0.4) is 0 Å². The van der Waals surface area contributed by atoms with Gasteiger partial charge in [0.15, 0.2) is 14.7 Å². The Morgan fingerprint density at radius 3 is 2.53 bits per heavy atom. The van der Waals surface area contributed by atoms with Crippen LogP contribution >= 0.6 is 20.1 Å². The molecule has 3 N–H and O–H groups in total. The number of nitrogens with one attached hydrogen (secondary N) is 2. The number of rotatable bonds is 23. The van der Waals surface area contributed by atoms with E-state index in [2.05, 4.69) is 52.8 Å². The highest BCUT2D eigenvalue weighted by Crippen LogP contribution is 2.49. The third-order valence-electron chi connectivity index (χ3n) is 8.77. The van der Waals surface area contributed by atoms with Crippen molar-refractivity contribution in [1.29, 1.82) is 1.43 Å². The number of hydrogen-bond donors (Lipinski definition) is 3. The summed E-state index contributed by atoms with van der Waals surface area (Å²) < 4.78 is 29.9. The number of aliphatic imine (C=N–C) groups is 1. The summed E-state index contributed by atoms with van der Waals surface area (Å²) in [6.07, 6.45) is 10.8. The molecule has 1 aliphatic rings. The number of H-pyrrole nitrogens is 1. The Labute approximate surface area is 334 Å². The lowest BCUT2D eigenvalue weighted by Gasteiger charge is -2.37. The number of carbonyl (C=O) groups excluding carboxylic acids is 3. The van der Waals surface area contributed by atoms with Gasteiger partial charge in [0, 0.05) is 76.2 Å². The zero-order valence-corrected chi connectivity index (χ0v) is 34.9. The van der Waals surface area contributed by atoms with Crippen LogP contribution in [0.15, 0.2) is 57.2 Å². The first-order valence-corrected chi connectivity index (χ1v) is 21.4. The summed E-state index contributed by atoms with van der Waals surface area (Å²) >= 11 is 1.18. The van der Waals surface area contributed by atoms with Crippen LogP contribution in [0.1, 0.15) is 116 Å². The number of aromatic nitrogens is 2. The number of carbonyl (C=O) groups is 3. The lowest BCUT2D eigenvalue weighted by Crippen LogP contribution is -2.35. The molecule has 0 aliphatic carbocycles. The van der Waals surface area contributed by atoms with Crippen LogP contribution in [-0.4, -0.2) is 94.3 Å². The minimum atomic E-state index is -1.10. The van der Waals surface area contributed by atoms with Crippen LogP contribution in [0, 0.1) is 5.92 Å². The minimum Gasteiger partial charge on any atom is -0.447 e. The van der Waals surface area contributed by atoms with Crippen molar-refractivity contribution in [3.63, 3.8) is 0 Å². The molecule has 2 heterocycles. The Balaban J connectivity index is 0.00000362. The Hall–Kier alpha value is -3.42. The van der Waals surface area contributed by atoms with Crippen LogP contribution in [0.4, 0.5) is 0 Å². The Kier molecular flexibility index (Phi) is 21.3. The molecule has 1 aromatic carbocycles. The molecule has 0 bridgehead atoms. The first-order valence-electron chi connectivity index (χ1n) is 20.2. The number of hydrogen-bond acceptors (Lipinski definition) is 11. The van der Waals surface area contributed by atoms with Gasteiger partial charge in [-0.2, -0.15) is 0 Å². The molecule has 4 atom stereocenters. The summed E-state index contributed by atoms with van der Waals surface area (Å²) in [4.78, 5) is 69.0. The van der Waals surface area contributed by atoms with Crippen LogP contribution in [0.2, 0.25) is 0 Å². The van der Waals surface area contributed by atoms with Gasteiger partial charge < -0.3 is 19.7 Å². The van der Waals surface area contributed by atoms with Crippen LogP contribution < -0.4 is 16.6 Å². The first kappa shape index (κ1) is 44.3. The molecule has 0 radical (unpaired) electrons. The fourth-order valence-corrected chi connectivity index (χ4v) is 9.30. The topological polar surface area (TPSA) is 172 Å². The minimum absolute atomic E-state index is 0.0146. The van der Waals surface area contributed by atoms with E-state index in [-0.39, 0.29) is 47.3 Å². The second-order valence-corrected chi connectivity index (χ2v) is 16.4. The summed E-state index contributed by atoms with van der Waals surface area (Å²) in [6, 6.07) is 9.51. The molecule has 3 rings (SSSR count). The summed E-state index contributed by atoms with van der Waals surface area (Å²) in [7, 11) is 0.189. The molecule has 0 saturated carbocycles. The van der Waals surface area contributed by atoms with Crippen molar-refractivity contribution < 1.29 is 30.1 Å². The number of nitrogens with zero attached hydrogens (tertiary/aromatic N) is 3. The lowest BCUT2D eigenvalue weighted by atomic mass is 10.0. The molecular formula is C40H62N5O8PS. The third-order valence-corrected chi connectivity index (χ3v) is 12.2. The summed E-state index contributed by atoms with van der Waals surface area (Å²) in [6.45, 7) is 11.5. The average molecular weight is 807 g/mol. The van der Waals surface area contributed by atoms with Gasteiger partial charge in [-0.15, -0.1) is 0 Å². The Morgan fingerprint density at radius 2 is 1.85 bits per heavy atom. The van der Waals surface area contributed by atoms with E-state index in [4.69, 9.17) is 12.1 Å². The number of aromatic amines is 1. The van der Waals surface area contributed by atoms with Crippen LogP contribution in [0.5, 0.6) is 0 Å². The van der Waals surface area contributed by atoms with Gasteiger partial charge in [0.25, 0.3) is 5.56 Å². The summed E-state index contributed by atoms with van der Waals surface area (Å²) in [5, 5.41) is 6.31. The van der Waals surface area contributed by atoms with Crippen molar-refractivity contribution in [3.8, 4) is 0 Å². The van der Waals surface area contributed by atoms with Gasteiger partial charge in [-0.25, -0.2) is 9.46 Å². The first-order chi connectivity index (χ1) is 27.4. The fourth-order valence-electron chi connectivity index (χ4n) is 6.10. The predicted molar refractivity (Wildman–Crippen MR) is 224 cm³/mol. The number of unbranched alkanes of at least 4 members (excludes halogenated alkanes) is 4. The van der Waals surface area contributed by atoms with Gasteiger partial charge in [0.05, 0.1) is 11.7 Å². The highest BCUT2D eigenvalue weighted by atomic mass is 32.2. The molecule has 2 unspecified atom stereocenters. The van der Waals surface area contributed by atoms with E-state index < -0.39 is 31.9 Å². The second-order valence-electron chi connectivity index (χ2n) is 13.6. The quantitative estimate of drug-likeness (QED) is 0.0367. The molecule has 55 heavy (non-hydrogen) atoms. The van der Waals surface area contributed by atoms with E-state index >= 15 is 0 Å². The number of Topliss-reactive ketones (excluding diaryl/α,β-unsaturated/α-hetero) is 1. The van der Waals surface area contributed by atoms with Gasteiger partial charge in [-0.3, -0.25) is 33.7 Å². The molecular weight excluding hydrogens is 742 g/mol. The number of benzene rings is 1. The standard InChI is InChI=1S/C39H58N5O7PS.CH4O/c1-7-40-27-50-52(44(28(2)3)29(4)5)26-33-24-36(51-30(33)6)43-25-32(37(47)42-39(43)49)19-20-35(46)41-22-15-10-8-9-14-18-34(45)21-23-53-38(48)31-16-12-11-13-17-31;1-2/h11-13,16-17,19-20,25,27-30,33,36H,7-10,14-15,18,21-24,26H2,1-6H3,(H,41,46)(H,42,47,49);2H,1H3/b20-19+,40-27?;/t30-,33?,36-,52?;/m1./s1/i6D;2T. The van der Waals surface area contributed by atoms with E-state index in [0.29, 0.717) is 49.8 Å². The van der Waals surface area contributed by atoms with Gasteiger partial charge in [0.1, 0.15) is 12.0 Å². The summed E-state index contributed by atoms with van der Waals surface area (Å²) in [5.74, 6) is 0.243. The molecule has 2 aromatic rings. The smallest absolute Gasteiger partial charge is 0.330 e. The molecule has 13 nitrogen and oxygen atoms in total. The third kappa shape index (κ3) is 17.1. The maximum Gasteiger partial charge on any atom is 0.330 e. The van der Waals surface area contributed by atoms with Crippen molar-refractivity contribution in [3.05, 3.63) is 74.6 Å². The number of ether oxygens (including phenoxy) is 1. The molecule has 1 aliphatic heterocycles. The molecule has 306 valence electrons. The van der Waals surface area contributed by atoms with Crippen LogP contribution in [-0.2, 0) is 18.8 Å². The maximum absolute atomic E-state index is 12.9. The molecule has 1 saturated heterocycles. The normalized spacial score (nSPS) is 18.0. The van der Waals surface area contributed by atoms with Crippen molar-refractivity contribution in [2.75, 3.05) is 32.1 Å². The molecule has 1 aromatic heterocycles. The number of aliphatic hydroxyl groups excluding tert-OH is 1. The Morgan fingerprint density at radius 1 is 1.16 bits per heavy atom. The van der Waals surface area contributed by atoms with E-state index in [9.17, 15) is 24.0 Å². The largest absolute Gasteiger partial charge is 0.447 e. The van der Waals surface area contributed by atoms with Crippen molar-refractivity contribution in [2.24, 2.45) is 10.9 Å². The number of ketones is 1. The zero-order chi connectivity index (χ0) is 42.2. The monoisotopic (exact) mass is 806 g/mol. The molecule has 1 fully saturated rings. The predicted octanol–water partition coefficient (Wildman–Crippen LogP) is 6.57. The molecule has 15 heteroatoms. The average Bonchev–Trinajstić information content (AvgIpc) is 3.58. The van der Waals surface area contributed by atoms with Gasteiger partial charge in [-0.1, -0.05) is 61.4 Å². The number of amides is 1. The van der Waals surface area contributed by atoms with E-state index in [1.165, 1.54) is 48.2 Å². The summed E-state index contributed by atoms with van der Waals surface area (Å²) in [5.41, 5.74) is -0.437. The second kappa shape index (κ2) is 26.4. The van der Waals surface area contributed by atoms with Gasteiger partial charge in [-0.05, 0) is 72.8 Å². The van der Waals surface area contributed by atoms with E-state index in [1.807, 2.05) is 25.1 Å². The lowest BCUT2D eigenvalue weighted by molar-refractivity contribution is -0.119. The van der Waals surface area contributed by atoms with Crippen molar-refractivity contribution >= 4 is 49.3 Å². The highest BCUT2D eigenvalue weighted by molar-refractivity contribution is 8.14. The molecule has 1 amide bonds. The fraction of sp³-hybridized carbons (Fsp3) is 0.600. The van der Waals surface area contributed by atoms with Gasteiger partial charge >= 0.3 is 5.69 Å². The van der Waals surface area contributed by atoms with E-state index in [0.717, 1.165) is 32.1 Å². The van der Waals surface area contributed by atoms with Gasteiger partial charge in [0.2, 0.25) is 12.5 Å². The number of thioether (sulfide) groups is 1. The van der Waals surface area contributed by atoms with E-state index in [1.54, 1.807) is 12.1 Å². The zero-order valence-electron chi connectivity index (χ0n) is 35.2. The van der Waals surface area contributed by atoms with Crippen molar-refractivity contribution in [2.45, 2.75) is 117 Å². The molecule has 0 spiro atoms.